The van der Waals surface area contributed by atoms with Crippen LogP contribution in [0.4, 0.5) is 6.01 Å². The van der Waals surface area contributed by atoms with Gasteiger partial charge in [0.25, 0.3) is 6.01 Å². The number of carboxylic acids is 1. The van der Waals surface area contributed by atoms with Crippen LogP contribution >= 0.6 is 0 Å². The topological polar surface area (TPSA) is 103 Å². The smallest absolute Gasteiger partial charge is 0.357 e. The van der Waals surface area contributed by atoms with Crippen LogP contribution in [0.15, 0.2) is 22.1 Å². The van der Waals surface area contributed by atoms with Crippen molar-refractivity contribution in [1.29, 1.82) is 0 Å². The summed E-state index contributed by atoms with van der Waals surface area (Å²) in [5.41, 5.74) is 10.9. The first-order valence-corrected chi connectivity index (χ1v) is 5.17. The number of hydrogen-bond donors (Lipinski definition) is 4. The Morgan fingerprint density at radius 3 is 3.06 bits per heavy atom. The highest BCUT2D eigenvalue weighted by molar-refractivity contribution is 5.85. The quantitative estimate of drug-likeness (QED) is 0.541. The van der Waals surface area contributed by atoms with Crippen LogP contribution < -0.4 is 21.3 Å². The van der Waals surface area contributed by atoms with Gasteiger partial charge in [0.05, 0.1) is 17.9 Å². The Balaban J connectivity index is 1.79. The van der Waals surface area contributed by atoms with E-state index in [2.05, 4.69) is 21.4 Å². The molecule has 0 unspecified atom stereocenters. The molecule has 3 heterocycles. The predicted molar refractivity (Wildman–Crippen MR) is 56.7 cm³/mol. The molecular formula is C9H11N5O3. The Morgan fingerprint density at radius 2 is 2.29 bits per heavy atom. The summed E-state index contributed by atoms with van der Waals surface area (Å²) in [6.07, 6.45) is 1.97. The van der Waals surface area contributed by atoms with Gasteiger partial charge in [0.2, 0.25) is 0 Å². The van der Waals surface area contributed by atoms with E-state index in [1.54, 1.807) is 0 Å². The van der Waals surface area contributed by atoms with Crippen molar-refractivity contribution in [3.63, 3.8) is 0 Å². The number of rotatable bonds is 2. The third-order valence-electron chi connectivity index (χ3n) is 2.75. The first-order valence-electron chi connectivity index (χ1n) is 5.17. The van der Waals surface area contributed by atoms with Crippen LogP contribution in [0.5, 0.6) is 0 Å². The van der Waals surface area contributed by atoms with Gasteiger partial charge in [-0.2, -0.15) is 10.5 Å². The molecule has 0 spiro atoms. The fourth-order valence-electron chi connectivity index (χ4n) is 1.87. The number of hydrogen-bond acceptors (Lipinski definition) is 7. The van der Waals surface area contributed by atoms with Crippen molar-refractivity contribution in [2.24, 2.45) is 0 Å². The van der Waals surface area contributed by atoms with Crippen molar-refractivity contribution in [3.8, 4) is 0 Å². The third-order valence-corrected chi connectivity index (χ3v) is 2.75. The lowest BCUT2D eigenvalue weighted by Gasteiger charge is -2.25. The Labute approximate surface area is 96.2 Å². The third kappa shape index (κ3) is 1.68. The van der Waals surface area contributed by atoms with Crippen LogP contribution in [0, 0.1) is 0 Å². The molecule has 3 rings (SSSR count). The molecule has 1 aromatic rings. The summed E-state index contributed by atoms with van der Waals surface area (Å²) in [4.78, 5) is 16.5. The van der Waals surface area contributed by atoms with Crippen LogP contribution in [-0.2, 0) is 0 Å². The average molecular weight is 237 g/mol. The van der Waals surface area contributed by atoms with E-state index in [-0.39, 0.29) is 5.69 Å². The lowest BCUT2D eigenvalue weighted by atomic mass is 10.2. The molecule has 0 bridgehead atoms. The number of oxazole rings is 1. The van der Waals surface area contributed by atoms with Crippen molar-refractivity contribution >= 4 is 12.0 Å². The molecule has 0 saturated carbocycles. The van der Waals surface area contributed by atoms with Crippen molar-refractivity contribution in [3.05, 3.63) is 23.4 Å². The standard InChI is InChI=1S/C9H11N5O3/c15-8(16)7-4-17-9(10-7)14-2-1-5-6(3-14)12-13-11-5/h4,11-13H,1-3H2,(H,15,16). The normalized spacial score (nSPS) is 18.7. The van der Waals surface area contributed by atoms with E-state index in [9.17, 15) is 4.79 Å². The van der Waals surface area contributed by atoms with Gasteiger partial charge in [-0.15, -0.1) is 0 Å². The molecule has 0 fully saturated rings. The van der Waals surface area contributed by atoms with Gasteiger partial charge in [-0.05, 0) is 0 Å². The number of nitrogens with one attached hydrogen (secondary N) is 3. The minimum atomic E-state index is -1.08. The Hall–Kier alpha value is -2.22. The van der Waals surface area contributed by atoms with Crippen molar-refractivity contribution in [1.82, 2.24) is 21.4 Å². The van der Waals surface area contributed by atoms with E-state index in [4.69, 9.17) is 9.52 Å². The second-order valence-electron chi connectivity index (χ2n) is 3.82. The molecule has 4 N–H and O–H groups in total. The van der Waals surface area contributed by atoms with Crippen LogP contribution in [0.3, 0.4) is 0 Å². The molecule has 0 saturated heterocycles. The highest BCUT2D eigenvalue weighted by Gasteiger charge is 2.25. The van der Waals surface area contributed by atoms with E-state index in [1.165, 1.54) is 0 Å². The van der Waals surface area contributed by atoms with E-state index >= 15 is 0 Å². The highest BCUT2D eigenvalue weighted by atomic mass is 16.4. The summed E-state index contributed by atoms with van der Waals surface area (Å²) < 4.78 is 5.16. The molecule has 0 amide bonds. The molecule has 0 aliphatic carbocycles. The van der Waals surface area contributed by atoms with E-state index in [0.29, 0.717) is 12.6 Å². The number of nitrogens with zero attached hydrogens (tertiary/aromatic N) is 2. The second-order valence-corrected chi connectivity index (χ2v) is 3.82. The summed E-state index contributed by atoms with van der Waals surface area (Å²) in [6.45, 7) is 1.34. The molecule has 1 aromatic heterocycles. The summed E-state index contributed by atoms with van der Waals surface area (Å²) in [5, 5.41) is 8.76. The van der Waals surface area contributed by atoms with Crippen LogP contribution in [0.25, 0.3) is 0 Å². The summed E-state index contributed by atoms with van der Waals surface area (Å²) in [5.74, 6) is -1.08. The first-order chi connectivity index (χ1) is 8.24. The second kappa shape index (κ2) is 3.67. The lowest BCUT2D eigenvalue weighted by Crippen LogP contribution is -2.35. The number of aromatic nitrogens is 1. The van der Waals surface area contributed by atoms with Crippen molar-refractivity contribution < 1.29 is 14.3 Å². The van der Waals surface area contributed by atoms with Gasteiger partial charge < -0.3 is 25.3 Å². The maximum Gasteiger partial charge on any atom is 0.357 e. The number of carboxylic acid groups (broad SMARTS) is 1. The van der Waals surface area contributed by atoms with Crippen LogP contribution in [-0.4, -0.2) is 29.1 Å². The zero-order chi connectivity index (χ0) is 11.8. The fraction of sp³-hybridized carbons (Fsp3) is 0.333. The molecule has 2 aliphatic heterocycles. The largest absolute Gasteiger partial charge is 0.476 e. The Kier molecular flexibility index (Phi) is 2.15. The minimum absolute atomic E-state index is 0.0737. The highest BCUT2D eigenvalue weighted by Crippen LogP contribution is 2.21. The van der Waals surface area contributed by atoms with Gasteiger partial charge in [-0.25, -0.2) is 4.79 Å². The van der Waals surface area contributed by atoms with Gasteiger partial charge in [-0.1, -0.05) is 0 Å². The molecule has 0 atom stereocenters. The number of carbonyl (C=O) groups is 1. The zero-order valence-electron chi connectivity index (χ0n) is 8.86. The maximum atomic E-state index is 10.7. The number of hydrazine groups is 2. The zero-order valence-corrected chi connectivity index (χ0v) is 8.86. The molecule has 90 valence electrons. The molecule has 0 aromatic carbocycles. The van der Waals surface area contributed by atoms with E-state index in [0.717, 1.165) is 30.6 Å². The van der Waals surface area contributed by atoms with Gasteiger partial charge in [0.1, 0.15) is 6.26 Å². The molecule has 2 aliphatic rings. The lowest BCUT2D eigenvalue weighted by molar-refractivity contribution is 0.0690. The SMILES string of the molecule is O=C(O)c1coc(N2CCC3=C(C2)NNN3)n1. The maximum absolute atomic E-state index is 10.7. The molecule has 0 radical (unpaired) electrons. The van der Waals surface area contributed by atoms with E-state index in [1.807, 2.05) is 4.90 Å². The Morgan fingerprint density at radius 1 is 1.47 bits per heavy atom. The van der Waals surface area contributed by atoms with Gasteiger partial charge >= 0.3 is 5.97 Å². The average Bonchev–Trinajstić information content (AvgIpc) is 2.97. The van der Waals surface area contributed by atoms with Gasteiger partial charge in [0.15, 0.2) is 5.69 Å². The van der Waals surface area contributed by atoms with Crippen molar-refractivity contribution in [2.45, 2.75) is 6.42 Å². The van der Waals surface area contributed by atoms with Gasteiger partial charge in [0, 0.05) is 13.0 Å². The Bertz CT molecular complexity index is 495. The van der Waals surface area contributed by atoms with Gasteiger partial charge in [-0.3, -0.25) is 0 Å². The fourth-order valence-corrected chi connectivity index (χ4v) is 1.87. The molecule has 8 heteroatoms. The molecular weight excluding hydrogens is 226 g/mol. The monoisotopic (exact) mass is 237 g/mol. The van der Waals surface area contributed by atoms with Crippen LogP contribution in [0.1, 0.15) is 16.9 Å². The minimum Gasteiger partial charge on any atom is -0.476 e. The summed E-state index contributed by atoms with van der Waals surface area (Å²) >= 11 is 0. The first kappa shape index (κ1) is 9.97. The van der Waals surface area contributed by atoms with E-state index < -0.39 is 5.97 Å². The number of anilines is 1. The number of aromatic carboxylic acids is 1. The predicted octanol–water partition coefficient (Wildman–Crippen LogP) is -0.593. The van der Waals surface area contributed by atoms with Crippen LogP contribution in [0.2, 0.25) is 0 Å². The summed E-state index contributed by atoms with van der Waals surface area (Å²) in [6, 6.07) is 0.336. The van der Waals surface area contributed by atoms with Crippen molar-refractivity contribution in [2.75, 3.05) is 18.0 Å². The molecule has 17 heavy (non-hydrogen) atoms. The molecule has 8 nitrogen and oxygen atoms in total. The summed E-state index contributed by atoms with van der Waals surface area (Å²) in [7, 11) is 0.